The Labute approximate surface area is 117 Å². The van der Waals surface area contributed by atoms with E-state index in [4.69, 9.17) is 5.73 Å². The number of likely N-dealkylation sites (tertiary alicyclic amines) is 1. The van der Waals surface area contributed by atoms with E-state index in [1.165, 1.54) is 12.0 Å². The van der Waals surface area contributed by atoms with E-state index >= 15 is 0 Å². The third-order valence-corrected chi connectivity index (χ3v) is 4.63. The van der Waals surface area contributed by atoms with Crippen LogP contribution in [0, 0.1) is 11.8 Å². The van der Waals surface area contributed by atoms with Gasteiger partial charge < -0.3 is 5.73 Å². The maximum atomic E-state index is 6.06. The second-order valence-corrected chi connectivity index (χ2v) is 6.14. The van der Waals surface area contributed by atoms with Crippen molar-refractivity contribution < 1.29 is 0 Å². The molecule has 1 aliphatic heterocycles. The molecule has 0 radical (unpaired) electrons. The van der Waals surface area contributed by atoms with Gasteiger partial charge >= 0.3 is 0 Å². The molecule has 1 aliphatic rings. The Bertz CT molecular complexity index is 401. The fourth-order valence-corrected chi connectivity index (χ4v) is 3.36. The first-order chi connectivity index (χ1) is 9.06. The molecule has 4 unspecified atom stereocenters. The van der Waals surface area contributed by atoms with Gasteiger partial charge in [-0.3, -0.25) is 9.58 Å². The summed E-state index contributed by atoms with van der Waals surface area (Å²) in [7, 11) is 0. The van der Waals surface area contributed by atoms with E-state index < -0.39 is 0 Å². The fraction of sp³-hybridized carbons (Fsp3) is 0.800. The van der Waals surface area contributed by atoms with Gasteiger partial charge in [0.2, 0.25) is 0 Å². The van der Waals surface area contributed by atoms with Crippen molar-refractivity contribution in [2.45, 2.75) is 52.7 Å². The first-order valence-corrected chi connectivity index (χ1v) is 7.55. The first-order valence-electron chi connectivity index (χ1n) is 7.55. The summed E-state index contributed by atoms with van der Waals surface area (Å²) in [5.74, 6) is 1.49. The van der Waals surface area contributed by atoms with E-state index in [9.17, 15) is 0 Å². The number of aryl methyl sites for hydroxylation is 1. The summed E-state index contributed by atoms with van der Waals surface area (Å²) in [5, 5.41) is 4.40. The Hall–Kier alpha value is -0.870. The fourth-order valence-electron chi connectivity index (χ4n) is 3.36. The van der Waals surface area contributed by atoms with Crippen LogP contribution in [0.5, 0.6) is 0 Å². The molecule has 1 saturated heterocycles. The van der Waals surface area contributed by atoms with Gasteiger partial charge in [-0.1, -0.05) is 13.8 Å². The number of nitrogens with two attached hydrogens (primary N) is 1. The van der Waals surface area contributed by atoms with Crippen LogP contribution in [-0.4, -0.2) is 33.8 Å². The predicted octanol–water partition coefficient (Wildman–Crippen LogP) is 2.27. The van der Waals surface area contributed by atoms with Crippen LogP contribution in [0.4, 0.5) is 0 Å². The average Bonchev–Trinajstić information content (AvgIpc) is 2.84. The van der Waals surface area contributed by atoms with E-state index in [1.54, 1.807) is 0 Å². The van der Waals surface area contributed by atoms with E-state index in [0.29, 0.717) is 18.6 Å². The maximum Gasteiger partial charge on any atom is 0.0538 e. The SMILES string of the molecule is CCn1cc(C(CN)N2CC(C)CC(C)C2C)cn1. The van der Waals surface area contributed by atoms with Crippen LogP contribution in [0.15, 0.2) is 12.4 Å². The molecule has 0 aromatic carbocycles. The van der Waals surface area contributed by atoms with E-state index in [1.807, 2.05) is 10.9 Å². The number of aromatic nitrogens is 2. The summed E-state index contributed by atoms with van der Waals surface area (Å²) in [6.45, 7) is 11.9. The summed E-state index contributed by atoms with van der Waals surface area (Å²) in [6, 6.07) is 0.898. The highest BCUT2D eigenvalue weighted by Gasteiger charge is 2.33. The van der Waals surface area contributed by atoms with Crippen LogP contribution in [0.3, 0.4) is 0 Å². The van der Waals surface area contributed by atoms with Gasteiger partial charge in [0, 0.05) is 37.4 Å². The lowest BCUT2D eigenvalue weighted by Crippen LogP contribution is -2.49. The third kappa shape index (κ3) is 3.00. The largest absolute Gasteiger partial charge is 0.329 e. The van der Waals surface area contributed by atoms with Crippen LogP contribution in [0.2, 0.25) is 0 Å². The van der Waals surface area contributed by atoms with Crippen LogP contribution in [0.1, 0.15) is 45.7 Å². The molecule has 1 fully saturated rings. The molecule has 0 saturated carbocycles. The number of rotatable bonds is 4. The zero-order valence-corrected chi connectivity index (χ0v) is 12.7. The number of nitrogens with zero attached hydrogens (tertiary/aromatic N) is 3. The van der Waals surface area contributed by atoms with Gasteiger partial charge in [0.25, 0.3) is 0 Å². The lowest BCUT2D eigenvalue weighted by molar-refractivity contribution is 0.0424. The molecule has 0 bridgehead atoms. The molecule has 1 aromatic rings. The molecular weight excluding hydrogens is 236 g/mol. The molecule has 0 spiro atoms. The molecule has 4 nitrogen and oxygen atoms in total. The van der Waals surface area contributed by atoms with E-state index in [2.05, 4.69) is 43.9 Å². The molecule has 4 heteroatoms. The Balaban J connectivity index is 2.20. The van der Waals surface area contributed by atoms with Crippen molar-refractivity contribution in [3.63, 3.8) is 0 Å². The van der Waals surface area contributed by atoms with Gasteiger partial charge in [0.15, 0.2) is 0 Å². The van der Waals surface area contributed by atoms with Crippen LogP contribution >= 0.6 is 0 Å². The topological polar surface area (TPSA) is 47.1 Å². The van der Waals surface area contributed by atoms with Crippen LogP contribution < -0.4 is 5.73 Å². The second-order valence-electron chi connectivity index (χ2n) is 6.14. The van der Waals surface area contributed by atoms with Gasteiger partial charge in [-0.2, -0.15) is 5.10 Å². The first kappa shape index (κ1) is 14.5. The zero-order chi connectivity index (χ0) is 14.0. The highest BCUT2D eigenvalue weighted by atomic mass is 15.3. The molecule has 108 valence electrons. The normalized spacial score (nSPS) is 30.5. The van der Waals surface area contributed by atoms with Gasteiger partial charge in [0.05, 0.1) is 12.2 Å². The molecule has 19 heavy (non-hydrogen) atoms. The van der Waals surface area contributed by atoms with Crippen molar-refractivity contribution in [1.82, 2.24) is 14.7 Å². The van der Waals surface area contributed by atoms with Crippen molar-refractivity contribution >= 4 is 0 Å². The van der Waals surface area contributed by atoms with Gasteiger partial charge in [-0.05, 0) is 32.1 Å². The van der Waals surface area contributed by atoms with Gasteiger partial charge in [-0.15, -0.1) is 0 Å². The van der Waals surface area contributed by atoms with E-state index in [0.717, 1.165) is 24.9 Å². The van der Waals surface area contributed by atoms with Crippen LogP contribution in [0.25, 0.3) is 0 Å². The van der Waals surface area contributed by atoms with Crippen molar-refractivity contribution in [3.8, 4) is 0 Å². The Morgan fingerprint density at radius 1 is 1.42 bits per heavy atom. The maximum absolute atomic E-state index is 6.06. The standard InChI is InChI=1S/C15H28N4/c1-5-18-10-14(8-17-18)15(7-16)19-9-11(2)6-12(3)13(19)4/h8,10-13,15H,5-7,9,16H2,1-4H3. The monoisotopic (exact) mass is 264 g/mol. The minimum absolute atomic E-state index is 0.306. The zero-order valence-electron chi connectivity index (χ0n) is 12.7. The Kier molecular flexibility index (Phi) is 4.63. The lowest BCUT2D eigenvalue weighted by atomic mass is 9.84. The summed E-state index contributed by atoms with van der Waals surface area (Å²) in [6.07, 6.45) is 5.45. The number of hydrogen-bond donors (Lipinski definition) is 1. The summed E-state index contributed by atoms with van der Waals surface area (Å²) >= 11 is 0. The lowest BCUT2D eigenvalue weighted by Gasteiger charge is -2.45. The molecule has 4 atom stereocenters. The summed E-state index contributed by atoms with van der Waals surface area (Å²) in [4.78, 5) is 2.58. The highest BCUT2D eigenvalue weighted by molar-refractivity contribution is 5.12. The molecule has 0 aliphatic carbocycles. The smallest absolute Gasteiger partial charge is 0.0538 e. The molecule has 0 amide bonds. The van der Waals surface area contributed by atoms with Crippen molar-refractivity contribution in [1.29, 1.82) is 0 Å². The predicted molar refractivity (Wildman–Crippen MR) is 78.8 cm³/mol. The summed E-state index contributed by atoms with van der Waals surface area (Å²) < 4.78 is 1.99. The van der Waals surface area contributed by atoms with E-state index in [-0.39, 0.29) is 0 Å². The summed E-state index contributed by atoms with van der Waals surface area (Å²) in [5.41, 5.74) is 7.32. The number of hydrogen-bond acceptors (Lipinski definition) is 3. The highest BCUT2D eigenvalue weighted by Crippen LogP contribution is 2.33. The minimum Gasteiger partial charge on any atom is -0.329 e. The second kappa shape index (κ2) is 6.06. The minimum atomic E-state index is 0.306. The Morgan fingerprint density at radius 2 is 2.16 bits per heavy atom. The number of piperidine rings is 1. The van der Waals surface area contributed by atoms with Crippen molar-refractivity contribution in [3.05, 3.63) is 18.0 Å². The quantitative estimate of drug-likeness (QED) is 0.907. The molecule has 2 rings (SSSR count). The van der Waals surface area contributed by atoms with Crippen molar-refractivity contribution in [2.75, 3.05) is 13.1 Å². The molecular formula is C15H28N4. The van der Waals surface area contributed by atoms with Crippen molar-refractivity contribution in [2.24, 2.45) is 17.6 Å². The third-order valence-electron chi connectivity index (χ3n) is 4.63. The molecule has 2 N–H and O–H groups in total. The molecule has 1 aromatic heterocycles. The van der Waals surface area contributed by atoms with Gasteiger partial charge in [0.1, 0.15) is 0 Å². The van der Waals surface area contributed by atoms with Crippen LogP contribution in [-0.2, 0) is 6.54 Å². The molecule has 2 heterocycles. The Morgan fingerprint density at radius 3 is 2.74 bits per heavy atom. The average molecular weight is 264 g/mol. The van der Waals surface area contributed by atoms with Gasteiger partial charge in [-0.25, -0.2) is 0 Å².